The number of rotatable bonds is 1. The van der Waals surface area contributed by atoms with E-state index in [0.717, 1.165) is 0 Å². The molecule has 0 aromatic heterocycles. The highest BCUT2D eigenvalue weighted by Gasteiger charge is 2.24. The zero-order valence-electron chi connectivity index (χ0n) is 12.4. The number of hydrogen-bond acceptors (Lipinski definition) is 3. The zero-order valence-corrected chi connectivity index (χ0v) is 13.2. The van der Waals surface area contributed by atoms with Crippen molar-refractivity contribution >= 4 is 17.4 Å². The van der Waals surface area contributed by atoms with E-state index in [9.17, 15) is 0 Å². The molecule has 0 amide bonds. The first-order valence-electron chi connectivity index (χ1n) is 6.85. The smallest absolute Gasteiger partial charge is 0.0872 e. The molecule has 0 atom stereocenters. The van der Waals surface area contributed by atoms with Crippen LogP contribution in [0.2, 0.25) is 0 Å². The van der Waals surface area contributed by atoms with Crippen molar-refractivity contribution in [2.75, 3.05) is 26.0 Å². The first-order chi connectivity index (χ1) is 9.56. The Morgan fingerprint density at radius 2 is 1.85 bits per heavy atom. The van der Waals surface area contributed by atoms with Crippen LogP contribution in [0.1, 0.15) is 5.56 Å². The molecule has 20 heavy (non-hydrogen) atoms. The molecule has 0 N–H and O–H groups in total. The van der Waals surface area contributed by atoms with Gasteiger partial charge in [0.1, 0.15) is 0 Å². The second-order valence-corrected chi connectivity index (χ2v) is 6.60. The van der Waals surface area contributed by atoms with Crippen LogP contribution in [0, 0.1) is 6.92 Å². The second kappa shape index (κ2) is 5.15. The third-order valence-electron chi connectivity index (χ3n) is 3.78. The summed E-state index contributed by atoms with van der Waals surface area (Å²) in [7, 11) is 6.36. The quantitative estimate of drug-likeness (QED) is 0.774. The third-order valence-corrected chi connectivity index (χ3v) is 5.03. The summed E-state index contributed by atoms with van der Waals surface area (Å²) >= 11 is 1.86. The van der Waals surface area contributed by atoms with Gasteiger partial charge in [-0.2, -0.15) is 0 Å². The lowest BCUT2D eigenvalue weighted by Crippen LogP contribution is -2.25. The van der Waals surface area contributed by atoms with E-state index in [2.05, 4.69) is 80.4 Å². The Morgan fingerprint density at radius 1 is 1.15 bits per heavy atom. The molecule has 0 saturated heterocycles. The molecule has 2 nitrogen and oxygen atoms in total. The van der Waals surface area contributed by atoms with Crippen molar-refractivity contribution in [3.8, 4) is 0 Å². The summed E-state index contributed by atoms with van der Waals surface area (Å²) in [4.78, 5) is 5.85. The molecule has 3 rings (SSSR count). The molecule has 1 heterocycles. The lowest BCUT2D eigenvalue weighted by Gasteiger charge is -2.22. The van der Waals surface area contributed by atoms with Crippen LogP contribution in [-0.4, -0.2) is 32.1 Å². The van der Waals surface area contributed by atoms with Crippen molar-refractivity contribution in [1.29, 1.82) is 0 Å². The Morgan fingerprint density at radius 3 is 2.50 bits per heavy atom. The van der Waals surface area contributed by atoms with Crippen molar-refractivity contribution in [3.05, 3.63) is 58.7 Å². The molecule has 0 saturated carbocycles. The van der Waals surface area contributed by atoms with Crippen LogP contribution in [-0.2, 0) is 0 Å². The fraction of sp³-hybridized carbons (Fsp3) is 0.294. The highest BCUT2D eigenvalue weighted by atomic mass is 32.2. The van der Waals surface area contributed by atoms with Crippen molar-refractivity contribution < 1.29 is 0 Å². The summed E-state index contributed by atoms with van der Waals surface area (Å²) in [6.07, 6.45) is 8.99. The minimum absolute atomic E-state index is 0.403. The zero-order chi connectivity index (χ0) is 14.3. The van der Waals surface area contributed by atoms with Gasteiger partial charge in [0.15, 0.2) is 0 Å². The molecular formula is C17H20N2S. The summed E-state index contributed by atoms with van der Waals surface area (Å²) in [5.74, 6) is 0. The van der Waals surface area contributed by atoms with Gasteiger partial charge in [0.2, 0.25) is 0 Å². The van der Waals surface area contributed by atoms with Crippen LogP contribution in [0.25, 0.3) is 0 Å². The van der Waals surface area contributed by atoms with E-state index in [4.69, 9.17) is 0 Å². The number of anilines is 1. The van der Waals surface area contributed by atoms with Gasteiger partial charge in [-0.05, 0) is 38.7 Å². The summed E-state index contributed by atoms with van der Waals surface area (Å²) in [5, 5.41) is 1.32. The molecule has 0 radical (unpaired) electrons. The van der Waals surface area contributed by atoms with Crippen molar-refractivity contribution in [2.45, 2.75) is 17.9 Å². The minimum Gasteiger partial charge on any atom is -0.338 e. The van der Waals surface area contributed by atoms with Gasteiger partial charge >= 0.3 is 0 Å². The lowest BCUT2D eigenvalue weighted by atomic mass is 10.1. The molecular weight excluding hydrogens is 264 g/mol. The number of hydrogen-bond donors (Lipinski definition) is 0. The van der Waals surface area contributed by atoms with Gasteiger partial charge in [-0.25, -0.2) is 0 Å². The van der Waals surface area contributed by atoms with Gasteiger partial charge in [-0.1, -0.05) is 42.1 Å². The lowest BCUT2D eigenvalue weighted by molar-refractivity contribution is 0.390. The van der Waals surface area contributed by atoms with E-state index in [1.807, 2.05) is 11.8 Å². The number of thioether (sulfide) groups is 1. The molecule has 0 bridgehead atoms. The fourth-order valence-corrected chi connectivity index (χ4v) is 3.78. The maximum atomic E-state index is 2.29. The molecule has 104 valence electrons. The number of allylic oxidation sites excluding steroid dienone is 3. The summed E-state index contributed by atoms with van der Waals surface area (Å²) in [6, 6.07) is 7.06. The largest absolute Gasteiger partial charge is 0.338 e. The number of nitrogens with zero attached hydrogens (tertiary/aromatic N) is 2. The van der Waals surface area contributed by atoms with Crippen LogP contribution in [0.15, 0.2) is 58.0 Å². The van der Waals surface area contributed by atoms with Gasteiger partial charge in [-0.15, -0.1) is 0 Å². The average Bonchev–Trinajstić information content (AvgIpc) is 2.75. The van der Waals surface area contributed by atoms with Gasteiger partial charge in [-0.3, -0.25) is 4.90 Å². The highest BCUT2D eigenvalue weighted by molar-refractivity contribution is 8.03. The van der Waals surface area contributed by atoms with Crippen LogP contribution < -0.4 is 4.90 Å². The normalized spacial score (nSPS) is 21.1. The number of aryl methyl sites for hydroxylation is 1. The Hall–Kier alpha value is -1.45. The number of benzene rings is 1. The second-order valence-electron chi connectivity index (χ2n) is 5.57. The number of likely N-dealkylation sites (N-methyl/N-ethyl adjacent to an activating group) is 1. The van der Waals surface area contributed by atoms with E-state index < -0.39 is 0 Å². The van der Waals surface area contributed by atoms with E-state index in [1.165, 1.54) is 26.7 Å². The topological polar surface area (TPSA) is 6.48 Å². The summed E-state index contributed by atoms with van der Waals surface area (Å²) in [6.45, 7) is 2.15. The Bertz CT molecular complexity index is 610. The first kappa shape index (κ1) is 13.5. The predicted octanol–water partition coefficient (Wildman–Crippen LogP) is 3.80. The van der Waals surface area contributed by atoms with Gasteiger partial charge in [0, 0.05) is 23.6 Å². The van der Waals surface area contributed by atoms with Gasteiger partial charge < -0.3 is 4.90 Å². The molecule has 0 fully saturated rings. The molecule has 2 aliphatic rings. The van der Waals surface area contributed by atoms with Crippen molar-refractivity contribution in [3.63, 3.8) is 0 Å². The maximum Gasteiger partial charge on any atom is 0.0872 e. The first-order valence-corrected chi connectivity index (χ1v) is 7.67. The van der Waals surface area contributed by atoms with Crippen molar-refractivity contribution in [1.82, 2.24) is 4.90 Å². The molecule has 0 unspecified atom stereocenters. The molecule has 0 spiro atoms. The fourth-order valence-electron chi connectivity index (χ4n) is 2.53. The minimum atomic E-state index is 0.403. The molecule has 3 heteroatoms. The van der Waals surface area contributed by atoms with Crippen LogP contribution in [0.5, 0.6) is 0 Å². The van der Waals surface area contributed by atoms with Crippen LogP contribution in [0.3, 0.4) is 0 Å². The summed E-state index contributed by atoms with van der Waals surface area (Å²) in [5.41, 5.74) is 3.92. The van der Waals surface area contributed by atoms with Crippen LogP contribution >= 0.6 is 11.8 Å². The Balaban J connectivity index is 1.93. The molecule has 1 aromatic rings. The van der Waals surface area contributed by atoms with E-state index in [0.29, 0.717) is 6.04 Å². The summed E-state index contributed by atoms with van der Waals surface area (Å²) < 4.78 is 0. The van der Waals surface area contributed by atoms with E-state index in [1.54, 1.807) is 0 Å². The highest BCUT2D eigenvalue weighted by Crippen LogP contribution is 2.47. The standard InChI is InChI=1S/C17H20N2S/c1-12-5-10-15-16(11-12)20-17(19(15)4)13-6-8-14(9-7-13)18(2)3/h5-11,14H,1-4H3. The molecule has 1 aliphatic heterocycles. The monoisotopic (exact) mass is 284 g/mol. The van der Waals surface area contributed by atoms with E-state index in [-0.39, 0.29) is 0 Å². The Kier molecular flexibility index (Phi) is 3.48. The predicted molar refractivity (Wildman–Crippen MR) is 88.2 cm³/mol. The Labute approximate surface area is 125 Å². The molecule has 1 aliphatic carbocycles. The molecule has 1 aromatic carbocycles. The van der Waals surface area contributed by atoms with Gasteiger partial charge in [0.25, 0.3) is 0 Å². The SMILES string of the molecule is Cc1ccc2c(c1)SC(=C1C=CC(N(C)C)C=C1)N2C. The number of fused-ring (bicyclic) bond motifs is 1. The van der Waals surface area contributed by atoms with Gasteiger partial charge in [0.05, 0.1) is 10.7 Å². The average molecular weight is 284 g/mol. The third kappa shape index (κ3) is 2.32. The van der Waals surface area contributed by atoms with E-state index >= 15 is 0 Å². The van der Waals surface area contributed by atoms with Crippen LogP contribution in [0.4, 0.5) is 5.69 Å². The van der Waals surface area contributed by atoms with Crippen molar-refractivity contribution in [2.24, 2.45) is 0 Å². The maximum absolute atomic E-state index is 2.29.